The number of esters is 2. The second-order valence-corrected chi connectivity index (χ2v) is 5.60. The summed E-state index contributed by atoms with van der Waals surface area (Å²) >= 11 is 0. The lowest BCUT2D eigenvalue weighted by Crippen LogP contribution is -2.60. The van der Waals surface area contributed by atoms with E-state index in [-0.39, 0.29) is 19.6 Å². The van der Waals surface area contributed by atoms with Crippen LogP contribution >= 0.6 is 0 Å². The zero-order chi connectivity index (χ0) is 18.4. The molecule has 7 nitrogen and oxygen atoms in total. The molecule has 0 atom stereocenters. The molecule has 134 valence electrons. The number of ether oxygens (including phenoxy) is 2. The Hall–Kier alpha value is -2.83. The van der Waals surface area contributed by atoms with Crippen LogP contribution in [0.4, 0.5) is 0 Å². The molecule has 0 aliphatic heterocycles. The van der Waals surface area contributed by atoms with Crippen molar-refractivity contribution in [1.82, 2.24) is 10.3 Å². The van der Waals surface area contributed by atoms with Crippen molar-refractivity contribution in [3.8, 4) is 0 Å². The maximum atomic E-state index is 12.6. The first-order valence-corrected chi connectivity index (χ1v) is 8.11. The Bertz CT molecular complexity index is 763. The molecule has 2 aromatic rings. The van der Waals surface area contributed by atoms with Crippen LogP contribution in [0.2, 0.25) is 0 Å². The van der Waals surface area contributed by atoms with Crippen LogP contribution in [-0.4, -0.2) is 42.1 Å². The van der Waals surface area contributed by atoms with Gasteiger partial charge in [0.05, 0.1) is 13.2 Å². The molecule has 0 unspecified atom stereocenters. The van der Waals surface area contributed by atoms with Gasteiger partial charge in [0.15, 0.2) is 0 Å². The molecular formula is C18H22N2O5. The highest BCUT2D eigenvalue weighted by Crippen LogP contribution is 2.27. The lowest BCUT2D eigenvalue weighted by molar-refractivity contribution is -0.167. The van der Waals surface area contributed by atoms with Gasteiger partial charge in [-0.15, -0.1) is 0 Å². The van der Waals surface area contributed by atoms with Gasteiger partial charge >= 0.3 is 11.9 Å². The van der Waals surface area contributed by atoms with E-state index in [4.69, 9.17) is 9.47 Å². The van der Waals surface area contributed by atoms with Crippen molar-refractivity contribution in [1.29, 1.82) is 0 Å². The minimum absolute atomic E-state index is 0.0751. The molecule has 0 aliphatic rings. The van der Waals surface area contributed by atoms with E-state index in [1.54, 1.807) is 20.0 Å². The van der Waals surface area contributed by atoms with Crippen LogP contribution in [-0.2, 0) is 30.3 Å². The molecule has 0 bridgehead atoms. The van der Waals surface area contributed by atoms with Crippen LogP contribution < -0.4 is 5.32 Å². The average Bonchev–Trinajstić information content (AvgIpc) is 2.99. The minimum atomic E-state index is -1.93. The second kappa shape index (κ2) is 7.83. The molecule has 0 saturated carbocycles. The van der Waals surface area contributed by atoms with Crippen LogP contribution in [0.25, 0.3) is 10.9 Å². The minimum Gasteiger partial charge on any atom is -0.464 e. The summed E-state index contributed by atoms with van der Waals surface area (Å²) < 4.78 is 10.1. The standard InChI is InChI=1S/C18H22N2O5/c1-4-24-16(22)18(20-11-21,17(23)25-5-2)9-13-10-19-14-8-6-7-12(3)15(13)14/h6-8,10-11,19H,4-5,9H2,1-3H3,(H,20,21). The van der Waals surface area contributed by atoms with Crippen molar-refractivity contribution in [2.45, 2.75) is 32.7 Å². The predicted molar refractivity (Wildman–Crippen MR) is 91.9 cm³/mol. The van der Waals surface area contributed by atoms with Crippen LogP contribution in [0.5, 0.6) is 0 Å². The van der Waals surface area contributed by atoms with Crippen molar-refractivity contribution in [2.24, 2.45) is 0 Å². The fourth-order valence-corrected chi connectivity index (χ4v) is 2.88. The van der Waals surface area contributed by atoms with Gasteiger partial charge < -0.3 is 19.8 Å². The molecule has 0 spiro atoms. The fraction of sp³-hybridized carbons (Fsp3) is 0.389. The number of hydrogen-bond donors (Lipinski definition) is 2. The summed E-state index contributed by atoms with van der Waals surface area (Å²) in [6.07, 6.45) is 1.96. The number of amides is 1. The summed E-state index contributed by atoms with van der Waals surface area (Å²) in [5.74, 6) is -1.69. The normalized spacial score (nSPS) is 11.2. The van der Waals surface area contributed by atoms with Gasteiger partial charge in [-0.3, -0.25) is 4.79 Å². The van der Waals surface area contributed by atoms with E-state index < -0.39 is 17.5 Å². The first-order valence-electron chi connectivity index (χ1n) is 8.11. The molecule has 7 heteroatoms. The molecule has 25 heavy (non-hydrogen) atoms. The van der Waals surface area contributed by atoms with Crippen LogP contribution in [0.15, 0.2) is 24.4 Å². The Balaban J connectivity index is 2.55. The summed E-state index contributed by atoms with van der Waals surface area (Å²) in [5.41, 5.74) is 0.651. The molecule has 1 heterocycles. The average molecular weight is 346 g/mol. The first-order chi connectivity index (χ1) is 12.0. The number of aryl methyl sites for hydroxylation is 1. The Morgan fingerprint density at radius 2 is 1.84 bits per heavy atom. The third-order valence-corrected chi connectivity index (χ3v) is 4.00. The number of rotatable bonds is 8. The monoisotopic (exact) mass is 346 g/mol. The van der Waals surface area contributed by atoms with Crippen LogP contribution in [0, 0.1) is 6.92 Å². The molecule has 0 radical (unpaired) electrons. The molecule has 1 aromatic carbocycles. The Labute approximate surface area is 145 Å². The van der Waals surface area contributed by atoms with Crippen molar-refractivity contribution in [2.75, 3.05) is 13.2 Å². The van der Waals surface area contributed by atoms with Crippen molar-refractivity contribution >= 4 is 29.3 Å². The van der Waals surface area contributed by atoms with Crippen LogP contribution in [0.3, 0.4) is 0 Å². The number of aromatic nitrogens is 1. The SMILES string of the molecule is CCOC(=O)C(Cc1c[nH]c2cccc(C)c12)(NC=O)C(=O)OCC. The first kappa shape index (κ1) is 18.5. The van der Waals surface area contributed by atoms with Gasteiger partial charge in [-0.2, -0.15) is 0 Å². The molecule has 1 amide bonds. The summed E-state index contributed by atoms with van der Waals surface area (Å²) in [5, 5.41) is 3.24. The van der Waals surface area contributed by atoms with E-state index >= 15 is 0 Å². The summed E-state index contributed by atoms with van der Waals surface area (Å²) in [4.78, 5) is 39.4. The Morgan fingerprint density at radius 3 is 2.40 bits per heavy atom. The Morgan fingerprint density at radius 1 is 1.20 bits per heavy atom. The molecule has 2 N–H and O–H groups in total. The highest BCUT2D eigenvalue weighted by molar-refractivity contribution is 6.07. The van der Waals surface area contributed by atoms with Crippen LogP contribution in [0.1, 0.15) is 25.0 Å². The highest BCUT2D eigenvalue weighted by Gasteiger charge is 2.49. The molecule has 0 saturated heterocycles. The van der Waals surface area contributed by atoms with Gasteiger partial charge in [0.1, 0.15) is 0 Å². The number of nitrogens with one attached hydrogen (secondary N) is 2. The number of carbonyl (C=O) groups excluding carboxylic acids is 3. The summed E-state index contributed by atoms with van der Waals surface area (Å²) in [7, 11) is 0. The van der Waals surface area contributed by atoms with Crippen molar-refractivity contribution in [3.63, 3.8) is 0 Å². The number of fused-ring (bicyclic) bond motifs is 1. The molecule has 0 fully saturated rings. The lowest BCUT2D eigenvalue weighted by atomic mass is 9.89. The lowest BCUT2D eigenvalue weighted by Gasteiger charge is -2.28. The number of hydrogen-bond acceptors (Lipinski definition) is 5. The van der Waals surface area contributed by atoms with E-state index in [2.05, 4.69) is 10.3 Å². The zero-order valence-electron chi connectivity index (χ0n) is 14.5. The fourth-order valence-electron chi connectivity index (χ4n) is 2.88. The second-order valence-electron chi connectivity index (χ2n) is 5.60. The third-order valence-electron chi connectivity index (χ3n) is 4.00. The van der Waals surface area contributed by atoms with Gasteiger partial charge in [-0.05, 0) is 38.0 Å². The topological polar surface area (TPSA) is 97.5 Å². The number of carbonyl (C=O) groups is 3. The van der Waals surface area contributed by atoms with E-state index in [0.717, 1.165) is 16.5 Å². The summed E-state index contributed by atoms with van der Waals surface area (Å²) in [6.45, 7) is 5.35. The number of benzene rings is 1. The van der Waals surface area contributed by atoms with Gasteiger partial charge in [-0.1, -0.05) is 12.1 Å². The maximum Gasteiger partial charge on any atom is 0.344 e. The van der Waals surface area contributed by atoms with E-state index in [9.17, 15) is 14.4 Å². The van der Waals surface area contributed by atoms with Gasteiger partial charge in [-0.25, -0.2) is 9.59 Å². The zero-order valence-corrected chi connectivity index (χ0v) is 14.5. The molecule has 0 aliphatic carbocycles. The quantitative estimate of drug-likeness (QED) is 0.430. The molecule has 1 aromatic heterocycles. The number of aromatic amines is 1. The number of H-pyrrole nitrogens is 1. The maximum absolute atomic E-state index is 12.6. The van der Waals surface area contributed by atoms with Gasteiger partial charge in [0.2, 0.25) is 11.9 Å². The molecule has 2 rings (SSSR count). The van der Waals surface area contributed by atoms with Crippen molar-refractivity contribution < 1.29 is 23.9 Å². The molecular weight excluding hydrogens is 324 g/mol. The Kier molecular flexibility index (Phi) is 5.80. The highest BCUT2D eigenvalue weighted by atomic mass is 16.6. The summed E-state index contributed by atoms with van der Waals surface area (Å²) in [6, 6.07) is 5.74. The third kappa shape index (κ3) is 3.50. The predicted octanol–water partition coefficient (Wildman–Crippen LogP) is 1.63. The van der Waals surface area contributed by atoms with E-state index in [0.29, 0.717) is 12.0 Å². The van der Waals surface area contributed by atoms with Crippen molar-refractivity contribution in [3.05, 3.63) is 35.5 Å². The van der Waals surface area contributed by atoms with E-state index in [1.165, 1.54) is 0 Å². The van der Waals surface area contributed by atoms with Gasteiger partial charge in [0, 0.05) is 23.5 Å². The van der Waals surface area contributed by atoms with E-state index in [1.807, 2.05) is 25.1 Å². The smallest absolute Gasteiger partial charge is 0.344 e. The van der Waals surface area contributed by atoms with Gasteiger partial charge in [0.25, 0.3) is 0 Å². The largest absolute Gasteiger partial charge is 0.464 e.